The molecule has 1 unspecified atom stereocenters. The normalized spacial score (nSPS) is 28.7. The Morgan fingerprint density at radius 1 is 0.644 bits per heavy atom. The summed E-state index contributed by atoms with van der Waals surface area (Å²) in [4.78, 5) is 60.0. The second-order valence-corrected chi connectivity index (χ2v) is 21.3. The first-order chi connectivity index (χ1) is 29.0. The van der Waals surface area contributed by atoms with Crippen LogP contribution in [0.3, 0.4) is 0 Å². The first-order valence-electron chi connectivity index (χ1n) is 20.2. The summed E-state index contributed by atoms with van der Waals surface area (Å²) < 4.78 is 19.5. The van der Waals surface area contributed by atoms with Gasteiger partial charge in [-0.1, -0.05) is 0 Å². The topological polar surface area (TPSA) is 243 Å². The molecule has 298 valence electrons. The average Bonchev–Trinajstić information content (AvgIpc) is 3.99. The molecule has 4 aromatic rings. The van der Waals surface area contributed by atoms with Crippen molar-refractivity contribution < 1.29 is 17.7 Å². The van der Waals surface area contributed by atoms with Crippen molar-refractivity contribution in [3.8, 4) is 0 Å². The molecule has 6 bridgehead atoms. The van der Waals surface area contributed by atoms with Gasteiger partial charge in [-0.3, -0.25) is 0 Å². The van der Waals surface area contributed by atoms with Crippen LogP contribution >= 0.6 is 0 Å². The third kappa shape index (κ3) is 5.56. The van der Waals surface area contributed by atoms with Crippen LogP contribution in [0.1, 0.15) is 80.3 Å². The first kappa shape index (κ1) is 35.3. The van der Waals surface area contributed by atoms with E-state index >= 15 is 0 Å². The average molecular weight is 855 g/mol. The van der Waals surface area contributed by atoms with Crippen molar-refractivity contribution in [1.29, 1.82) is 0 Å². The Morgan fingerprint density at radius 2 is 1.25 bits per heavy atom. The molecule has 2 saturated carbocycles. The number of nitrogens with zero attached hydrogens (tertiary/aromatic N) is 14. The molecule has 12 rings (SSSR count). The number of aliphatic imine (C=N–C) groups is 6. The summed E-state index contributed by atoms with van der Waals surface area (Å²) in [5.74, 6) is 2.92. The zero-order valence-electron chi connectivity index (χ0n) is 31.7. The van der Waals surface area contributed by atoms with Crippen LogP contribution < -0.4 is 10.6 Å². The van der Waals surface area contributed by atoms with Gasteiger partial charge in [0.15, 0.2) is 0 Å². The number of hydrogen-bond donors (Lipinski definition) is 4. The molecule has 0 saturated heterocycles. The molecule has 10 heterocycles. The molecule has 4 N–H and O–H groups in total. The Hall–Kier alpha value is -5.68. The number of aliphatic hydroxyl groups is 2. The predicted molar refractivity (Wildman–Crippen MR) is 216 cm³/mol. The van der Waals surface area contributed by atoms with Crippen LogP contribution in [0.25, 0.3) is 11.0 Å². The third-order valence-electron chi connectivity index (χ3n) is 12.2. The van der Waals surface area contributed by atoms with Gasteiger partial charge in [0.1, 0.15) is 0 Å². The van der Waals surface area contributed by atoms with Crippen molar-refractivity contribution in [2.24, 2.45) is 41.8 Å². The Morgan fingerprint density at radius 3 is 1.95 bits per heavy atom. The second-order valence-electron chi connectivity index (χ2n) is 15.8. The molecule has 4 aromatic heterocycles. The van der Waals surface area contributed by atoms with Crippen LogP contribution in [-0.2, 0) is 7.53 Å². The van der Waals surface area contributed by atoms with Gasteiger partial charge in [-0.2, -0.15) is 0 Å². The number of fused-ring (bicyclic) bond motifs is 13. The van der Waals surface area contributed by atoms with Crippen molar-refractivity contribution in [3.05, 3.63) is 71.4 Å². The van der Waals surface area contributed by atoms with E-state index in [1.807, 2.05) is 3.52 Å². The van der Waals surface area contributed by atoms with E-state index in [1.54, 1.807) is 43.4 Å². The molecule has 8 aliphatic rings. The van der Waals surface area contributed by atoms with Crippen molar-refractivity contribution in [2.75, 3.05) is 19.8 Å². The van der Waals surface area contributed by atoms with Crippen LogP contribution in [0, 0.1) is 11.8 Å². The molecule has 2 fully saturated rings. The minimum atomic E-state index is -5.22. The second kappa shape index (κ2) is 13.7. The standard InChI is InChI=1S/C38H38GeN16O4/c56-21-5-1-19(2-6-21)17-58-39(59-18-20-3-7-22(57)8-4-20)54-35-27-28(45-14-13-44-27)37(54)52-33-25-26(43-12-11-42-25)34(49-33)53-38-30-29(46-15-16-47-30)36(55(38)39)51-32-24-23(31(48-32)50-35)40-9-10-41-24/h9-11,13-16,19-22,35,43,56-57H,1-8,12,17-18H2,(H,48,50,51). The number of aliphatic hydroxyl groups excluding tert-OH is 2. The van der Waals surface area contributed by atoms with Gasteiger partial charge in [0, 0.05) is 0 Å². The SMILES string of the molecule is OC1CCC(C[O][Ge]2([O]CC3CCC(O)CC3)[N]3C4=NC5=NC(=Nc6c7nccnc7c([n]62)N=C2N=C(NC3c3nccnc34)c3nccnc32)C2=C5N=CCN2)CC1. The fourth-order valence-corrected chi connectivity index (χ4v) is 16.6. The molecule has 0 radical (unpaired) electrons. The molecule has 20 nitrogen and oxygen atoms in total. The fourth-order valence-electron chi connectivity index (χ4n) is 9.21. The number of aromatic nitrogens is 7. The molecule has 0 amide bonds. The van der Waals surface area contributed by atoms with Crippen LogP contribution in [-0.4, -0.2) is 129 Å². The summed E-state index contributed by atoms with van der Waals surface area (Å²) in [6, 6.07) is 0. The summed E-state index contributed by atoms with van der Waals surface area (Å²) >= 11 is -5.22. The predicted octanol–water partition coefficient (Wildman–Crippen LogP) is 1.97. The van der Waals surface area contributed by atoms with Crippen LogP contribution in [0.5, 0.6) is 0 Å². The summed E-state index contributed by atoms with van der Waals surface area (Å²) in [6.45, 7) is 1.11. The fraction of sp³-hybridized carbons (Fsp3) is 0.421. The summed E-state index contributed by atoms with van der Waals surface area (Å²) in [5.41, 5.74) is 4.18. The molecule has 2 aliphatic carbocycles. The number of amidine groups is 5. The molecular weight excluding hydrogens is 817 g/mol. The molecule has 0 spiro atoms. The maximum absolute atomic E-state index is 10.5. The summed E-state index contributed by atoms with van der Waals surface area (Å²) in [7, 11) is 0. The van der Waals surface area contributed by atoms with E-state index in [-0.39, 0.29) is 24.0 Å². The summed E-state index contributed by atoms with van der Waals surface area (Å²) in [6.07, 6.45) is 16.0. The molecule has 1 atom stereocenters. The van der Waals surface area contributed by atoms with Gasteiger partial charge in [0.2, 0.25) is 0 Å². The minimum absolute atomic E-state index is 0.128. The van der Waals surface area contributed by atoms with E-state index in [1.165, 1.54) is 0 Å². The molecular formula is C38H38GeN16O4. The number of rotatable bonds is 6. The maximum atomic E-state index is 10.5. The molecule has 21 heteroatoms. The molecule has 6 aliphatic heterocycles. The Balaban J connectivity index is 1.19. The first-order valence-corrected chi connectivity index (χ1v) is 23.7. The van der Waals surface area contributed by atoms with Crippen LogP contribution in [0.15, 0.2) is 78.5 Å². The third-order valence-corrected chi connectivity index (χ3v) is 18.8. The van der Waals surface area contributed by atoms with Gasteiger partial charge >= 0.3 is 341 Å². The van der Waals surface area contributed by atoms with Gasteiger partial charge in [0.05, 0.1) is 0 Å². The van der Waals surface area contributed by atoms with Gasteiger partial charge in [-0.05, 0) is 0 Å². The van der Waals surface area contributed by atoms with E-state index in [4.69, 9.17) is 67.4 Å². The van der Waals surface area contributed by atoms with Crippen LogP contribution in [0.2, 0.25) is 0 Å². The van der Waals surface area contributed by atoms with Gasteiger partial charge in [0.25, 0.3) is 0 Å². The van der Waals surface area contributed by atoms with Gasteiger partial charge < -0.3 is 0 Å². The van der Waals surface area contributed by atoms with Crippen molar-refractivity contribution in [3.63, 3.8) is 0 Å². The van der Waals surface area contributed by atoms with E-state index in [0.717, 1.165) is 25.7 Å². The zero-order chi connectivity index (χ0) is 39.2. The van der Waals surface area contributed by atoms with E-state index in [0.29, 0.717) is 131 Å². The Labute approximate surface area is 339 Å². The molecule has 59 heavy (non-hydrogen) atoms. The van der Waals surface area contributed by atoms with Gasteiger partial charge in [-0.25, -0.2) is 0 Å². The number of nitrogens with one attached hydrogen (secondary N) is 2. The summed E-state index contributed by atoms with van der Waals surface area (Å²) in [5, 5.41) is 28.2. The Bertz CT molecular complexity index is 2630. The van der Waals surface area contributed by atoms with E-state index in [9.17, 15) is 10.2 Å². The zero-order valence-corrected chi connectivity index (χ0v) is 33.8. The van der Waals surface area contributed by atoms with Crippen LogP contribution in [0.4, 0.5) is 11.6 Å². The van der Waals surface area contributed by atoms with E-state index < -0.39 is 20.6 Å². The monoisotopic (exact) mass is 856 g/mol. The van der Waals surface area contributed by atoms with Crippen molar-refractivity contribution in [1.82, 2.24) is 47.9 Å². The van der Waals surface area contributed by atoms with Crippen molar-refractivity contribution in [2.45, 2.75) is 69.7 Å². The van der Waals surface area contributed by atoms with Gasteiger partial charge in [-0.15, -0.1) is 0 Å². The molecule has 0 aromatic carbocycles. The number of hydrogen-bond acceptors (Lipinski definition) is 19. The quantitative estimate of drug-likeness (QED) is 0.203. The van der Waals surface area contributed by atoms with Crippen molar-refractivity contribution >= 4 is 72.4 Å². The Kier molecular flexibility index (Phi) is 8.19. The van der Waals surface area contributed by atoms with E-state index in [2.05, 4.69) is 14.5 Å².